The van der Waals surface area contributed by atoms with E-state index in [0.29, 0.717) is 17.3 Å². The van der Waals surface area contributed by atoms with Crippen LogP contribution in [0.5, 0.6) is 0 Å². The Hall–Kier alpha value is -2.56. The number of hydrogen-bond acceptors (Lipinski definition) is 5. The van der Waals surface area contributed by atoms with Gasteiger partial charge in [-0.05, 0) is 81.8 Å². The van der Waals surface area contributed by atoms with Crippen LogP contribution >= 0.6 is 0 Å². The highest BCUT2D eigenvalue weighted by Gasteiger charge is 2.51. The summed E-state index contributed by atoms with van der Waals surface area (Å²) in [5.41, 5.74) is 4.07. The molecule has 2 aromatic heterocycles. The lowest BCUT2D eigenvalue weighted by atomic mass is 9.53. The molecule has 0 atom stereocenters. The summed E-state index contributed by atoms with van der Waals surface area (Å²) in [7, 11) is 0. The summed E-state index contributed by atoms with van der Waals surface area (Å²) in [6, 6.07) is 8.60. The largest absolute Gasteiger partial charge is 0.448 e. The van der Waals surface area contributed by atoms with Gasteiger partial charge in [0.1, 0.15) is 6.26 Å². The molecular weight excluding hydrogens is 398 g/mol. The summed E-state index contributed by atoms with van der Waals surface area (Å²) < 4.78 is 12.0. The topological polar surface area (TPSA) is 64.1 Å². The van der Waals surface area contributed by atoms with Gasteiger partial charge in [0.15, 0.2) is 17.5 Å². The molecule has 0 saturated heterocycles. The number of benzene rings is 1. The molecule has 3 aromatic rings. The summed E-state index contributed by atoms with van der Waals surface area (Å²) in [4.78, 5) is 9.42. The molecule has 0 radical (unpaired) electrons. The van der Waals surface area contributed by atoms with E-state index in [4.69, 9.17) is 13.8 Å². The van der Waals surface area contributed by atoms with Crippen molar-refractivity contribution in [1.29, 1.82) is 0 Å². The van der Waals surface area contributed by atoms with Crippen LogP contribution in [0.25, 0.3) is 11.3 Å². The number of hydrogen-bond donors (Lipinski definition) is 1. The number of aromatic nitrogens is 2. The van der Waals surface area contributed by atoms with E-state index in [1.165, 1.54) is 75.6 Å². The molecule has 8 rings (SSSR count). The Bertz CT molecular complexity index is 1110. The van der Waals surface area contributed by atoms with E-state index in [1.54, 1.807) is 0 Å². The monoisotopic (exact) mass is 429 g/mol. The molecule has 0 aliphatic heterocycles. The van der Waals surface area contributed by atoms with Crippen molar-refractivity contribution in [2.75, 3.05) is 11.9 Å². The molecule has 1 aromatic carbocycles. The van der Waals surface area contributed by atoms with Crippen LogP contribution in [-0.2, 0) is 5.41 Å². The van der Waals surface area contributed by atoms with Gasteiger partial charge in [-0.25, -0.2) is 9.97 Å². The summed E-state index contributed by atoms with van der Waals surface area (Å²) >= 11 is 0. The lowest BCUT2D eigenvalue weighted by Crippen LogP contribution is -2.47. The maximum absolute atomic E-state index is 6.02. The lowest BCUT2D eigenvalue weighted by molar-refractivity contribution is 0.0355. The molecule has 32 heavy (non-hydrogen) atoms. The van der Waals surface area contributed by atoms with Crippen molar-refractivity contribution in [3.05, 3.63) is 54.2 Å². The van der Waals surface area contributed by atoms with Gasteiger partial charge in [0.25, 0.3) is 0 Å². The Kier molecular flexibility index (Phi) is 4.13. The fourth-order valence-electron chi connectivity index (χ4n) is 5.96. The maximum atomic E-state index is 6.02. The third-order valence-corrected chi connectivity index (χ3v) is 8.64. The number of nitrogens with one attached hydrogen (secondary N) is 1. The van der Waals surface area contributed by atoms with Crippen LogP contribution in [0, 0.1) is 5.41 Å². The molecule has 5 fully saturated rings. The standard InChI is InChI=1S/C27H31N3O2/c1-2-20(23-15-28-24(32-23)19-6-7-19)14-21(3-1)29-17-26-8-11-27(12-9-26,13-10-26)25-30-22(16-31-25)18-4-5-18/h1-3,14-16,18-19,29H,4-13,17H2. The third kappa shape index (κ3) is 3.28. The molecule has 5 heteroatoms. The van der Waals surface area contributed by atoms with Crippen LogP contribution in [-0.4, -0.2) is 16.5 Å². The number of oxazole rings is 2. The molecule has 5 nitrogen and oxygen atoms in total. The van der Waals surface area contributed by atoms with Gasteiger partial charge in [-0.15, -0.1) is 0 Å². The Balaban J connectivity index is 1.02. The van der Waals surface area contributed by atoms with Crippen LogP contribution < -0.4 is 5.32 Å². The van der Waals surface area contributed by atoms with Crippen molar-refractivity contribution in [2.45, 2.75) is 81.5 Å². The molecule has 1 N–H and O–H groups in total. The van der Waals surface area contributed by atoms with E-state index in [9.17, 15) is 0 Å². The zero-order chi connectivity index (χ0) is 21.2. The number of rotatable bonds is 7. The van der Waals surface area contributed by atoms with Crippen LogP contribution in [0.2, 0.25) is 0 Å². The molecule has 0 amide bonds. The minimum absolute atomic E-state index is 0.195. The molecule has 0 unspecified atom stereocenters. The maximum Gasteiger partial charge on any atom is 0.200 e. The van der Waals surface area contributed by atoms with Gasteiger partial charge in [-0.2, -0.15) is 0 Å². The van der Waals surface area contributed by atoms with Crippen molar-refractivity contribution >= 4 is 5.69 Å². The van der Waals surface area contributed by atoms with Crippen molar-refractivity contribution in [1.82, 2.24) is 9.97 Å². The van der Waals surface area contributed by atoms with E-state index in [-0.39, 0.29) is 5.41 Å². The summed E-state index contributed by atoms with van der Waals surface area (Å²) in [6.45, 7) is 1.04. The Morgan fingerprint density at radius 3 is 2.50 bits per heavy atom. The van der Waals surface area contributed by atoms with Gasteiger partial charge in [0, 0.05) is 35.0 Å². The van der Waals surface area contributed by atoms with Crippen molar-refractivity contribution in [3.8, 4) is 11.3 Å². The summed E-state index contributed by atoms with van der Waals surface area (Å²) in [5, 5.41) is 3.76. The SMILES string of the molecule is c1cc(NCC23CCC(c4nc(C5CC5)co4)(CC2)CC3)cc(-c2cnc(C3CC3)o2)c1. The zero-order valence-electron chi connectivity index (χ0n) is 18.6. The van der Waals surface area contributed by atoms with Crippen molar-refractivity contribution in [2.24, 2.45) is 5.41 Å². The van der Waals surface area contributed by atoms with Crippen molar-refractivity contribution in [3.63, 3.8) is 0 Å². The first-order valence-corrected chi connectivity index (χ1v) is 12.5. The first kappa shape index (κ1) is 19.0. The number of anilines is 1. The quantitative estimate of drug-likeness (QED) is 0.448. The lowest BCUT2D eigenvalue weighted by Gasteiger charge is -2.52. The molecule has 2 bridgehead atoms. The average Bonchev–Trinajstić information content (AvgIpc) is 3.78. The number of fused-ring (bicyclic) bond motifs is 3. The van der Waals surface area contributed by atoms with Gasteiger partial charge < -0.3 is 14.2 Å². The molecule has 5 aliphatic carbocycles. The third-order valence-electron chi connectivity index (χ3n) is 8.64. The fourth-order valence-corrected chi connectivity index (χ4v) is 5.96. The second-order valence-electron chi connectivity index (χ2n) is 10.9. The molecular formula is C27H31N3O2. The number of nitrogens with zero attached hydrogens (tertiary/aromatic N) is 2. The van der Waals surface area contributed by atoms with E-state index >= 15 is 0 Å². The van der Waals surface area contributed by atoms with Gasteiger partial charge in [0.05, 0.1) is 11.9 Å². The normalized spacial score (nSPS) is 29.4. The van der Waals surface area contributed by atoms with Crippen LogP contribution in [0.4, 0.5) is 5.69 Å². The minimum Gasteiger partial charge on any atom is -0.448 e. The Morgan fingerprint density at radius 2 is 1.75 bits per heavy atom. The molecule has 5 aliphatic rings. The predicted octanol–water partition coefficient (Wildman–Crippen LogP) is 6.79. The summed E-state index contributed by atoms with van der Waals surface area (Å²) in [6.07, 6.45) is 16.2. The smallest absolute Gasteiger partial charge is 0.200 e. The van der Waals surface area contributed by atoms with Gasteiger partial charge >= 0.3 is 0 Å². The van der Waals surface area contributed by atoms with Gasteiger partial charge in [-0.3, -0.25) is 0 Å². The van der Waals surface area contributed by atoms with E-state index in [2.05, 4.69) is 34.6 Å². The second kappa shape index (κ2) is 6.97. The Morgan fingerprint density at radius 1 is 0.969 bits per heavy atom. The first-order valence-electron chi connectivity index (χ1n) is 12.5. The Labute approximate surface area is 189 Å². The van der Waals surface area contributed by atoms with E-state index in [1.807, 2.05) is 12.5 Å². The molecule has 5 saturated carbocycles. The van der Waals surface area contributed by atoms with Crippen LogP contribution in [0.1, 0.15) is 93.5 Å². The molecule has 2 heterocycles. The zero-order valence-corrected chi connectivity index (χ0v) is 18.6. The first-order chi connectivity index (χ1) is 15.7. The molecule has 166 valence electrons. The van der Waals surface area contributed by atoms with Gasteiger partial charge in [-0.1, -0.05) is 12.1 Å². The fraction of sp³-hybridized carbons (Fsp3) is 0.556. The molecule has 0 spiro atoms. The predicted molar refractivity (Wildman–Crippen MR) is 123 cm³/mol. The van der Waals surface area contributed by atoms with Crippen LogP contribution in [0.3, 0.4) is 0 Å². The highest BCUT2D eigenvalue weighted by atomic mass is 16.4. The average molecular weight is 430 g/mol. The van der Waals surface area contributed by atoms with Crippen molar-refractivity contribution < 1.29 is 8.83 Å². The highest BCUT2D eigenvalue weighted by Crippen LogP contribution is 2.58. The van der Waals surface area contributed by atoms with E-state index < -0.39 is 0 Å². The van der Waals surface area contributed by atoms with E-state index in [0.717, 1.165) is 29.6 Å². The summed E-state index contributed by atoms with van der Waals surface area (Å²) in [5.74, 6) is 4.04. The highest BCUT2D eigenvalue weighted by molar-refractivity contribution is 5.63. The van der Waals surface area contributed by atoms with Gasteiger partial charge in [0.2, 0.25) is 0 Å². The minimum atomic E-state index is 0.195. The second-order valence-corrected chi connectivity index (χ2v) is 10.9. The van der Waals surface area contributed by atoms with Crippen LogP contribution in [0.15, 0.2) is 45.6 Å².